The number of thioether (sulfide) groups is 1. The van der Waals surface area contributed by atoms with E-state index in [4.69, 9.17) is 0 Å². The molecule has 0 aromatic heterocycles. The van der Waals surface area contributed by atoms with Crippen molar-refractivity contribution < 1.29 is 14.5 Å². The minimum atomic E-state index is -0.145. The van der Waals surface area contributed by atoms with Gasteiger partial charge in [0.1, 0.15) is 0 Å². The summed E-state index contributed by atoms with van der Waals surface area (Å²) in [5.74, 6) is -0.145. The van der Waals surface area contributed by atoms with Gasteiger partial charge < -0.3 is 4.90 Å². The second-order valence-corrected chi connectivity index (χ2v) is 6.98. The maximum Gasteiger partial charge on any atom is 0.298 e. The molecule has 5 heteroatoms. The molecule has 2 saturated heterocycles. The molecule has 0 spiro atoms. The molecule has 2 amide bonds. The number of nitrogens with zero attached hydrogens (tertiary/aromatic N) is 1. The normalized spacial score (nSPS) is 21.9. The van der Waals surface area contributed by atoms with E-state index in [1.54, 1.807) is 0 Å². The van der Waals surface area contributed by atoms with Crippen molar-refractivity contribution in [2.45, 2.75) is 26.2 Å². The summed E-state index contributed by atoms with van der Waals surface area (Å²) in [5, 5.41) is -0.138. The summed E-state index contributed by atoms with van der Waals surface area (Å²) in [7, 11) is 0. The number of aryl methyl sites for hydroxylation is 1. The quantitative estimate of drug-likeness (QED) is 0.868. The Balaban J connectivity index is 1.71. The second-order valence-electron chi connectivity index (χ2n) is 5.99. The number of imide groups is 1. The molecule has 2 fully saturated rings. The highest BCUT2D eigenvalue weighted by Crippen LogP contribution is 2.31. The van der Waals surface area contributed by atoms with E-state index >= 15 is 0 Å². The molecule has 0 unspecified atom stereocenters. The first-order valence-electron chi connectivity index (χ1n) is 7.79. The third-order valence-electron chi connectivity index (χ3n) is 4.19. The van der Waals surface area contributed by atoms with Gasteiger partial charge in [0.05, 0.1) is 18.0 Å². The summed E-state index contributed by atoms with van der Waals surface area (Å²) in [6.45, 7) is 4.65. The lowest BCUT2D eigenvalue weighted by Crippen LogP contribution is -3.14. The van der Waals surface area contributed by atoms with Crippen LogP contribution in [0.2, 0.25) is 0 Å². The Kier molecular flexibility index (Phi) is 4.64. The smallest absolute Gasteiger partial charge is 0.298 e. The van der Waals surface area contributed by atoms with Crippen molar-refractivity contribution in [1.29, 1.82) is 0 Å². The lowest BCUT2D eigenvalue weighted by molar-refractivity contribution is -0.912. The van der Waals surface area contributed by atoms with Gasteiger partial charge in [0.25, 0.3) is 11.1 Å². The summed E-state index contributed by atoms with van der Waals surface area (Å²) < 4.78 is 0. The van der Waals surface area contributed by atoms with Crippen molar-refractivity contribution in [3.05, 3.63) is 40.3 Å². The fourth-order valence-corrected chi connectivity index (χ4v) is 3.72. The predicted octanol–water partition coefficient (Wildman–Crippen LogP) is 2.06. The number of likely N-dealkylation sites (tertiary alicyclic amines) is 1. The highest BCUT2D eigenvalue weighted by Gasteiger charge is 2.37. The van der Waals surface area contributed by atoms with Gasteiger partial charge in [0.2, 0.25) is 0 Å². The zero-order valence-electron chi connectivity index (χ0n) is 12.8. The zero-order chi connectivity index (χ0) is 15.5. The number of piperidine rings is 1. The van der Waals surface area contributed by atoms with Crippen molar-refractivity contribution in [3.8, 4) is 0 Å². The van der Waals surface area contributed by atoms with E-state index in [2.05, 4.69) is 0 Å². The molecule has 3 rings (SSSR count). The van der Waals surface area contributed by atoms with Crippen LogP contribution in [0.1, 0.15) is 30.4 Å². The molecule has 0 bridgehead atoms. The molecule has 2 aliphatic heterocycles. The molecule has 4 nitrogen and oxygen atoms in total. The molecule has 116 valence electrons. The molecule has 0 atom stereocenters. The van der Waals surface area contributed by atoms with Crippen molar-refractivity contribution in [3.63, 3.8) is 0 Å². The summed E-state index contributed by atoms with van der Waals surface area (Å²) in [6, 6.07) is 7.96. The first-order valence-corrected chi connectivity index (χ1v) is 8.61. The van der Waals surface area contributed by atoms with E-state index in [0.717, 1.165) is 30.4 Å². The molecular weight excluding hydrogens is 296 g/mol. The van der Waals surface area contributed by atoms with Gasteiger partial charge in [-0.25, -0.2) is 4.90 Å². The number of amides is 2. The number of benzene rings is 1. The van der Waals surface area contributed by atoms with Crippen LogP contribution in [0.15, 0.2) is 29.2 Å². The van der Waals surface area contributed by atoms with Gasteiger partial charge in [-0.1, -0.05) is 29.8 Å². The Morgan fingerprint density at radius 1 is 1.14 bits per heavy atom. The number of hydrogen-bond acceptors (Lipinski definition) is 3. The fourth-order valence-electron chi connectivity index (χ4n) is 2.88. The van der Waals surface area contributed by atoms with Crippen molar-refractivity contribution >= 4 is 29.0 Å². The highest BCUT2D eigenvalue weighted by molar-refractivity contribution is 8.18. The summed E-state index contributed by atoms with van der Waals surface area (Å²) >= 11 is 1.05. The van der Waals surface area contributed by atoms with Gasteiger partial charge in [-0.15, -0.1) is 0 Å². The largest absolute Gasteiger partial charge is 0.317 e. The Hall–Kier alpha value is -1.59. The Morgan fingerprint density at radius 3 is 2.50 bits per heavy atom. The molecule has 1 N–H and O–H groups in total. The average Bonchev–Trinajstić information content (AvgIpc) is 2.78. The number of carbonyl (C=O) groups excluding carboxylic acids is 2. The van der Waals surface area contributed by atoms with E-state index < -0.39 is 0 Å². The first kappa shape index (κ1) is 15.3. The van der Waals surface area contributed by atoms with Crippen LogP contribution in [-0.4, -0.2) is 35.8 Å². The van der Waals surface area contributed by atoms with E-state index in [1.807, 2.05) is 37.3 Å². The Labute approximate surface area is 135 Å². The number of quaternary nitrogens is 1. The number of hydrogen-bond donors (Lipinski definition) is 1. The lowest BCUT2D eigenvalue weighted by Gasteiger charge is -2.26. The SMILES string of the molecule is Cc1ccc(/C=C2\SC(=O)N(C[NH+]3CCCCC3)C2=O)cc1. The number of rotatable bonds is 3. The Morgan fingerprint density at radius 2 is 1.82 bits per heavy atom. The van der Waals surface area contributed by atoms with Gasteiger partial charge in [0.15, 0.2) is 6.67 Å². The van der Waals surface area contributed by atoms with Gasteiger partial charge in [-0.05, 0) is 49.6 Å². The summed E-state index contributed by atoms with van der Waals surface area (Å²) in [5.41, 5.74) is 2.14. The standard InChI is InChI=1S/C17H20N2O2S/c1-13-5-7-14(8-6-13)11-15-16(20)19(17(21)22-15)12-18-9-3-2-4-10-18/h5-8,11H,2-4,9-10,12H2,1H3/p+1/b15-11-. The van der Waals surface area contributed by atoms with Crippen molar-refractivity contribution in [2.75, 3.05) is 19.8 Å². The molecule has 2 aliphatic rings. The van der Waals surface area contributed by atoms with Crippen LogP contribution < -0.4 is 4.90 Å². The number of nitrogens with one attached hydrogen (secondary N) is 1. The molecular formula is C17H21N2O2S+. The van der Waals surface area contributed by atoms with Crippen LogP contribution in [0, 0.1) is 6.92 Å². The van der Waals surface area contributed by atoms with Gasteiger partial charge >= 0.3 is 0 Å². The van der Waals surface area contributed by atoms with Crippen molar-refractivity contribution in [1.82, 2.24) is 4.90 Å². The summed E-state index contributed by atoms with van der Waals surface area (Å²) in [6.07, 6.45) is 5.45. The molecule has 0 saturated carbocycles. The van der Waals surface area contributed by atoms with Gasteiger partial charge in [-0.2, -0.15) is 0 Å². The third-order valence-corrected chi connectivity index (χ3v) is 5.10. The number of carbonyl (C=O) groups is 2. The van der Waals surface area contributed by atoms with E-state index in [9.17, 15) is 9.59 Å². The third kappa shape index (κ3) is 3.42. The molecule has 0 aliphatic carbocycles. The minimum Gasteiger partial charge on any atom is -0.317 e. The maximum absolute atomic E-state index is 12.5. The van der Waals surface area contributed by atoms with Crippen LogP contribution >= 0.6 is 11.8 Å². The minimum absolute atomic E-state index is 0.138. The average molecular weight is 317 g/mol. The monoisotopic (exact) mass is 317 g/mol. The van der Waals surface area contributed by atoms with E-state index in [1.165, 1.54) is 34.6 Å². The molecule has 0 radical (unpaired) electrons. The topological polar surface area (TPSA) is 41.8 Å². The maximum atomic E-state index is 12.5. The molecule has 1 aromatic carbocycles. The van der Waals surface area contributed by atoms with Crippen LogP contribution in [0.5, 0.6) is 0 Å². The van der Waals surface area contributed by atoms with E-state index in [0.29, 0.717) is 11.6 Å². The zero-order valence-corrected chi connectivity index (χ0v) is 13.6. The fraction of sp³-hybridized carbons (Fsp3) is 0.412. The highest BCUT2D eigenvalue weighted by atomic mass is 32.2. The van der Waals surface area contributed by atoms with E-state index in [-0.39, 0.29) is 11.1 Å². The van der Waals surface area contributed by atoms with Crippen LogP contribution in [-0.2, 0) is 4.79 Å². The summed E-state index contributed by atoms with van der Waals surface area (Å²) in [4.78, 5) is 27.9. The van der Waals surface area contributed by atoms with Crippen LogP contribution in [0.3, 0.4) is 0 Å². The molecule has 2 heterocycles. The lowest BCUT2D eigenvalue weighted by atomic mass is 10.1. The van der Waals surface area contributed by atoms with Gasteiger partial charge in [0, 0.05) is 0 Å². The second kappa shape index (κ2) is 6.67. The molecule has 1 aromatic rings. The van der Waals surface area contributed by atoms with Crippen LogP contribution in [0.25, 0.3) is 6.08 Å². The van der Waals surface area contributed by atoms with Crippen LogP contribution in [0.4, 0.5) is 4.79 Å². The Bertz CT molecular complexity index is 604. The first-order chi connectivity index (χ1) is 10.6. The predicted molar refractivity (Wildman–Crippen MR) is 88.4 cm³/mol. The van der Waals surface area contributed by atoms with Gasteiger partial charge in [-0.3, -0.25) is 9.59 Å². The molecule has 22 heavy (non-hydrogen) atoms. The van der Waals surface area contributed by atoms with Crippen molar-refractivity contribution in [2.24, 2.45) is 0 Å².